The first kappa shape index (κ1) is 31.9. The number of aryl methyl sites for hydroxylation is 1. The van der Waals surface area contributed by atoms with E-state index in [-0.39, 0.29) is 0 Å². The maximum Gasteiger partial charge on any atom is 0.229 e. The van der Waals surface area contributed by atoms with Crippen LogP contribution in [0.3, 0.4) is 0 Å². The predicted octanol–water partition coefficient (Wildman–Crippen LogP) is 6.30. The van der Waals surface area contributed by atoms with Gasteiger partial charge in [0.05, 0.1) is 34.9 Å². The molecule has 2 fully saturated rings. The maximum absolute atomic E-state index is 5.91. The van der Waals surface area contributed by atoms with Gasteiger partial charge in [0.25, 0.3) is 0 Å². The van der Waals surface area contributed by atoms with Gasteiger partial charge in [0.15, 0.2) is 0 Å². The van der Waals surface area contributed by atoms with Gasteiger partial charge in [0.2, 0.25) is 5.95 Å². The zero-order chi connectivity index (χ0) is 31.3. The number of methoxy groups -OCH3 is 1. The van der Waals surface area contributed by atoms with E-state index in [1.165, 1.54) is 11.3 Å². The molecule has 238 valence electrons. The first-order chi connectivity index (χ1) is 21.9. The predicted molar refractivity (Wildman–Crippen MR) is 189 cm³/mol. The van der Waals surface area contributed by atoms with E-state index in [9.17, 15) is 0 Å². The van der Waals surface area contributed by atoms with Crippen LogP contribution in [-0.2, 0) is 11.2 Å². The zero-order valence-electron chi connectivity index (χ0n) is 26.5. The minimum atomic E-state index is -0.465. The lowest BCUT2D eigenvalue weighted by atomic mass is 10.00. The molecule has 0 bridgehead atoms. The molecule has 2 aliphatic rings. The molecule has 2 aromatic carbocycles. The molecule has 6 rings (SSSR count). The molecule has 12 heteroatoms. The van der Waals surface area contributed by atoms with Crippen LogP contribution in [0.15, 0.2) is 47.3 Å². The van der Waals surface area contributed by atoms with E-state index in [0.717, 1.165) is 103 Å². The highest BCUT2D eigenvalue weighted by Crippen LogP contribution is 2.38. The highest BCUT2D eigenvalue weighted by molar-refractivity contribution is 9.10. The topological polar surface area (TPSA) is 101 Å². The Labute approximate surface area is 275 Å². The Hall–Kier alpha value is -3.11. The number of ether oxygens (including phenoxy) is 2. The number of aromatic nitrogens is 4. The average molecular weight is 694 g/mol. The number of anilines is 5. The lowest BCUT2D eigenvalue weighted by Gasteiger charge is -2.39. The Bertz CT molecular complexity index is 1620. The van der Waals surface area contributed by atoms with Crippen LogP contribution in [0.4, 0.5) is 28.8 Å². The second kappa shape index (κ2) is 14.5. The Morgan fingerprint density at radius 1 is 1.00 bits per heavy atom. The Morgan fingerprint density at radius 3 is 2.60 bits per heavy atom. The number of fused-ring (bicyclic) bond motifs is 1. The summed E-state index contributed by atoms with van der Waals surface area (Å²) in [7, 11) is 1.25. The van der Waals surface area contributed by atoms with Crippen molar-refractivity contribution in [3.05, 3.63) is 52.9 Å². The molecule has 2 aliphatic heterocycles. The molecule has 0 saturated carbocycles. The van der Waals surface area contributed by atoms with Gasteiger partial charge in [-0.2, -0.15) is 4.98 Å². The summed E-state index contributed by atoms with van der Waals surface area (Å²) in [5.41, 5.74) is 6.14. The van der Waals surface area contributed by atoms with Gasteiger partial charge in [-0.1, -0.05) is 14.8 Å². The van der Waals surface area contributed by atoms with Crippen LogP contribution in [0.25, 0.3) is 11.0 Å². The highest BCUT2D eigenvalue weighted by atomic mass is 79.9. The fourth-order valence-corrected chi connectivity index (χ4v) is 7.90. The zero-order valence-corrected chi connectivity index (χ0v) is 29.0. The molecule has 0 atom stereocenters. The van der Waals surface area contributed by atoms with Crippen molar-refractivity contribution in [1.29, 1.82) is 0 Å². The van der Waals surface area contributed by atoms with Gasteiger partial charge in [-0.3, -0.25) is 14.9 Å². The van der Waals surface area contributed by atoms with Gasteiger partial charge in [-0.05, 0) is 78.7 Å². The molecule has 4 aromatic rings. The molecule has 45 heavy (non-hydrogen) atoms. The number of nitrogens with one attached hydrogen (secondary N) is 2. The molecule has 0 radical (unpaired) electrons. The smallest absolute Gasteiger partial charge is 0.229 e. The van der Waals surface area contributed by atoms with E-state index in [2.05, 4.69) is 89.8 Å². The van der Waals surface area contributed by atoms with E-state index in [4.69, 9.17) is 14.5 Å². The van der Waals surface area contributed by atoms with Crippen LogP contribution in [0.5, 0.6) is 5.75 Å². The summed E-state index contributed by atoms with van der Waals surface area (Å²) in [6.07, 6.45) is 9.61. The van der Waals surface area contributed by atoms with Crippen molar-refractivity contribution >= 4 is 69.0 Å². The number of hydrogen-bond donors (Lipinski definition) is 2. The maximum atomic E-state index is 5.91. The Morgan fingerprint density at radius 2 is 1.82 bits per heavy atom. The normalized spacial score (nSPS) is 16.6. The number of nitrogens with zero attached hydrogens (tertiary/aromatic N) is 6. The summed E-state index contributed by atoms with van der Waals surface area (Å²) in [4.78, 5) is 23.7. The van der Waals surface area contributed by atoms with Crippen LogP contribution < -0.4 is 25.6 Å². The van der Waals surface area contributed by atoms with Crippen LogP contribution in [0.2, 0.25) is 0 Å². The molecule has 2 aromatic heterocycles. The van der Waals surface area contributed by atoms with E-state index in [1.807, 2.05) is 6.07 Å². The molecular weight excluding hydrogens is 651 g/mol. The summed E-state index contributed by atoms with van der Waals surface area (Å²) in [5.74, 6) is 1.92. The van der Waals surface area contributed by atoms with Crippen molar-refractivity contribution in [2.24, 2.45) is 0 Å². The lowest BCUT2D eigenvalue weighted by Crippen LogP contribution is -2.46. The van der Waals surface area contributed by atoms with E-state index in [0.29, 0.717) is 17.8 Å². The quantitative estimate of drug-likeness (QED) is 0.195. The van der Waals surface area contributed by atoms with Gasteiger partial charge >= 0.3 is 0 Å². The third kappa shape index (κ3) is 7.17. The number of halogens is 1. The van der Waals surface area contributed by atoms with Crippen LogP contribution in [0, 0.1) is 0 Å². The third-order valence-corrected chi connectivity index (χ3v) is 10.6. The van der Waals surface area contributed by atoms with Crippen LogP contribution in [0.1, 0.15) is 31.7 Å². The number of benzene rings is 2. The van der Waals surface area contributed by atoms with Crippen molar-refractivity contribution < 1.29 is 9.47 Å². The average Bonchev–Trinajstić information content (AvgIpc) is 3.36. The van der Waals surface area contributed by atoms with Crippen molar-refractivity contribution in [3.8, 4) is 5.75 Å². The summed E-state index contributed by atoms with van der Waals surface area (Å²) in [5, 5.41) is 8.14. The summed E-state index contributed by atoms with van der Waals surface area (Å²) in [6.45, 7) is 12.7. The van der Waals surface area contributed by atoms with E-state index < -0.39 is 7.92 Å². The van der Waals surface area contributed by atoms with E-state index >= 15 is 0 Å². The largest absolute Gasteiger partial charge is 0.494 e. The number of piperidine rings is 1. The highest BCUT2D eigenvalue weighted by Gasteiger charge is 2.27. The van der Waals surface area contributed by atoms with Crippen molar-refractivity contribution in [2.45, 2.75) is 38.6 Å². The second-order valence-corrected chi connectivity index (χ2v) is 14.8. The van der Waals surface area contributed by atoms with E-state index in [1.54, 1.807) is 25.7 Å². The molecule has 0 amide bonds. The molecule has 2 saturated heterocycles. The molecule has 0 unspecified atom stereocenters. The summed E-state index contributed by atoms with van der Waals surface area (Å²) >= 11 is 3.65. The second-order valence-electron chi connectivity index (χ2n) is 11.7. The van der Waals surface area contributed by atoms with Crippen molar-refractivity contribution in [1.82, 2.24) is 24.8 Å². The van der Waals surface area contributed by atoms with Gasteiger partial charge in [0, 0.05) is 80.2 Å². The number of hydrogen-bond acceptors (Lipinski definition) is 10. The lowest BCUT2D eigenvalue weighted by molar-refractivity contribution is 0.125. The summed E-state index contributed by atoms with van der Waals surface area (Å²) < 4.78 is 12.4. The fourth-order valence-electron chi connectivity index (χ4n) is 6.40. The van der Waals surface area contributed by atoms with Crippen molar-refractivity contribution in [3.63, 3.8) is 0 Å². The molecule has 4 heterocycles. The Kier molecular flexibility index (Phi) is 10.3. The molecule has 0 spiro atoms. The minimum absolute atomic E-state index is 0.465. The summed E-state index contributed by atoms with van der Waals surface area (Å²) in [6, 6.07) is 9.04. The Balaban J connectivity index is 1.22. The molecular formula is C33H42BrN8O2P. The van der Waals surface area contributed by atoms with Gasteiger partial charge in [-0.25, -0.2) is 4.98 Å². The fraction of sp³-hybridized carbons (Fsp3) is 0.455. The standard InChI is InChI=1S/C33H42BrN8O2P/c1-5-22-19-27(29(43-2)20-28(22)42-14-9-23(10-15-42)41-13-6-17-44-18-16-41)39-33-37-21-24(34)32(40-33)38-26-8-7-25-30(31(26)45(3)4)36-12-11-35-25/h7-8,11-12,19-21,23H,5-6,9-10,13-18H2,1-4H3,(H2,37,38,39,40). The SMILES string of the molecule is CCc1cc(Nc2ncc(Br)c(Nc3ccc4nccnc4c3P(C)C)n2)c(OC)cc1N1CCC(N2CCCOCC2)CC1. The third-order valence-electron chi connectivity index (χ3n) is 8.66. The molecule has 0 aliphatic carbocycles. The minimum Gasteiger partial charge on any atom is -0.494 e. The number of rotatable bonds is 9. The molecule has 2 N–H and O–H groups in total. The van der Waals surface area contributed by atoms with Crippen molar-refractivity contribution in [2.75, 3.05) is 75.4 Å². The molecule has 10 nitrogen and oxygen atoms in total. The monoisotopic (exact) mass is 692 g/mol. The van der Waals surface area contributed by atoms with Crippen LogP contribution in [-0.4, -0.2) is 90.7 Å². The van der Waals surface area contributed by atoms with Gasteiger partial charge in [-0.15, -0.1) is 0 Å². The van der Waals surface area contributed by atoms with Gasteiger partial charge in [0.1, 0.15) is 11.6 Å². The van der Waals surface area contributed by atoms with Gasteiger partial charge < -0.3 is 25.0 Å². The van der Waals surface area contributed by atoms with Crippen LogP contribution >= 0.6 is 23.9 Å². The first-order valence-electron chi connectivity index (χ1n) is 15.7. The first-order valence-corrected chi connectivity index (χ1v) is 18.7.